The molecule has 25 heavy (non-hydrogen) atoms. The van der Waals surface area contributed by atoms with Crippen LogP contribution < -0.4 is 0 Å². The van der Waals surface area contributed by atoms with Gasteiger partial charge in [0.25, 0.3) is 0 Å². The van der Waals surface area contributed by atoms with Crippen molar-refractivity contribution in [2.24, 2.45) is 0 Å². The van der Waals surface area contributed by atoms with Gasteiger partial charge in [-0.3, -0.25) is 14.6 Å². The third-order valence-electron chi connectivity index (χ3n) is 4.77. The van der Waals surface area contributed by atoms with Crippen LogP contribution in [0.4, 0.5) is 0 Å². The Balaban J connectivity index is 1.52. The Bertz CT molecular complexity index is 680. The van der Waals surface area contributed by atoms with Crippen molar-refractivity contribution in [3.05, 3.63) is 42.2 Å². The Morgan fingerprint density at radius 3 is 2.64 bits per heavy atom. The fourth-order valence-electron chi connectivity index (χ4n) is 3.42. The molecule has 0 spiro atoms. The lowest BCUT2D eigenvalue weighted by atomic mass is 10.0. The number of likely N-dealkylation sites (tertiary alicyclic amines) is 1. The Morgan fingerprint density at radius 1 is 1.28 bits per heavy atom. The van der Waals surface area contributed by atoms with Crippen molar-refractivity contribution >= 4 is 5.97 Å². The van der Waals surface area contributed by atoms with Crippen LogP contribution in [0.2, 0.25) is 0 Å². The molecule has 1 aromatic heterocycles. The second kappa shape index (κ2) is 8.22. The third kappa shape index (κ3) is 4.64. The molecular formula is C18H25N5O2. The zero-order valence-electron chi connectivity index (χ0n) is 14.6. The molecule has 2 aromatic rings. The number of para-hydroxylation sites is 1. The molecule has 3 rings (SSSR count). The summed E-state index contributed by atoms with van der Waals surface area (Å²) in [4.78, 5) is 15.4. The highest BCUT2D eigenvalue weighted by Gasteiger charge is 2.25. The molecule has 7 heteroatoms. The lowest BCUT2D eigenvalue weighted by Gasteiger charge is -2.37. The maximum absolute atomic E-state index is 11.0. The average Bonchev–Trinajstić information content (AvgIpc) is 3.09. The molecule has 1 fully saturated rings. The number of hydrogen-bond donors (Lipinski definition) is 1. The number of nitrogens with zero attached hydrogens (tertiary/aromatic N) is 5. The topological polar surface area (TPSA) is 74.5 Å². The monoisotopic (exact) mass is 343 g/mol. The van der Waals surface area contributed by atoms with Gasteiger partial charge in [-0.1, -0.05) is 30.3 Å². The molecular weight excluding hydrogens is 318 g/mol. The summed E-state index contributed by atoms with van der Waals surface area (Å²) >= 11 is 0. The predicted octanol–water partition coefficient (Wildman–Crippen LogP) is 1.64. The normalized spacial score (nSPS) is 16.4. The summed E-state index contributed by atoms with van der Waals surface area (Å²) in [5, 5.41) is 17.5. The van der Waals surface area contributed by atoms with E-state index in [1.165, 1.54) is 0 Å². The number of carboxylic acid groups (broad SMARTS) is 1. The first-order valence-electron chi connectivity index (χ1n) is 8.80. The van der Waals surface area contributed by atoms with Crippen LogP contribution >= 0.6 is 0 Å². The quantitative estimate of drug-likeness (QED) is 0.824. The summed E-state index contributed by atoms with van der Waals surface area (Å²) in [5.74, 6) is -0.748. The lowest BCUT2D eigenvalue weighted by Crippen LogP contribution is -2.46. The van der Waals surface area contributed by atoms with Crippen LogP contribution in [0.1, 0.15) is 25.5 Å². The smallest absolute Gasteiger partial charge is 0.317 e. The standard InChI is InChI=1S/C18H25N5O2/c1-2-22(14-18(24)25)16-8-10-21(11-9-16)12-15-13-23(20-19-15)17-6-4-3-5-7-17/h3-7,13,16H,2,8-12,14H2,1H3,(H,24,25). The van der Waals surface area contributed by atoms with Gasteiger partial charge in [-0.25, -0.2) is 4.68 Å². The summed E-state index contributed by atoms with van der Waals surface area (Å²) in [6.45, 7) is 5.63. The molecule has 7 nitrogen and oxygen atoms in total. The summed E-state index contributed by atoms with van der Waals surface area (Å²) < 4.78 is 1.80. The van der Waals surface area contributed by atoms with Gasteiger partial charge in [0.15, 0.2) is 0 Å². The van der Waals surface area contributed by atoms with Crippen LogP contribution in [0.5, 0.6) is 0 Å². The predicted molar refractivity (Wildman–Crippen MR) is 94.5 cm³/mol. The van der Waals surface area contributed by atoms with Gasteiger partial charge in [-0.15, -0.1) is 5.10 Å². The highest BCUT2D eigenvalue weighted by molar-refractivity contribution is 5.69. The van der Waals surface area contributed by atoms with Gasteiger partial charge in [0, 0.05) is 25.7 Å². The van der Waals surface area contributed by atoms with Crippen LogP contribution in [0.25, 0.3) is 5.69 Å². The number of aromatic nitrogens is 3. The second-order valence-corrected chi connectivity index (χ2v) is 6.45. The molecule has 134 valence electrons. The van der Waals surface area contributed by atoms with Crippen molar-refractivity contribution in [2.45, 2.75) is 32.4 Å². The van der Waals surface area contributed by atoms with E-state index in [2.05, 4.69) is 20.1 Å². The van der Waals surface area contributed by atoms with Crippen molar-refractivity contribution in [1.29, 1.82) is 0 Å². The van der Waals surface area contributed by atoms with Crippen molar-refractivity contribution < 1.29 is 9.90 Å². The number of aliphatic carboxylic acids is 1. The summed E-state index contributed by atoms with van der Waals surface area (Å²) in [6, 6.07) is 10.3. The fourth-order valence-corrected chi connectivity index (χ4v) is 3.42. The molecule has 0 unspecified atom stereocenters. The van der Waals surface area contributed by atoms with E-state index in [0.717, 1.165) is 50.4 Å². The van der Waals surface area contributed by atoms with Gasteiger partial charge in [0.2, 0.25) is 0 Å². The molecule has 1 aliphatic rings. The van der Waals surface area contributed by atoms with Crippen LogP contribution in [-0.4, -0.2) is 68.1 Å². The van der Waals surface area contributed by atoms with Crippen LogP contribution in [-0.2, 0) is 11.3 Å². The van der Waals surface area contributed by atoms with E-state index in [-0.39, 0.29) is 6.54 Å². The lowest BCUT2D eigenvalue weighted by molar-refractivity contribution is -0.139. The number of piperidine rings is 1. The molecule has 1 aliphatic heterocycles. The van der Waals surface area contributed by atoms with E-state index >= 15 is 0 Å². The van der Waals surface area contributed by atoms with E-state index in [1.54, 1.807) is 4.68 Å². The van der Waals surface area contributed by atoms with Crippen molar-refractivity contribution in [2.75, 3.05) is 26.2 Å². The number of hydrogen-bond acceptors (Lipinski definition) is 5. The minimum atomic E-state index is -0.748. The van der Waals surface area contributed by atoms with E-state index in [9.17, 15) is 4.79 Å². The summed E-state index contributed by atoms with van der Waals surface area (Å²) in [5.41, 5.74) is 1.97. The molecule has 1 aromatic carbocycles. The number of carbonyl (C=O) groups is 1. The van der Waals surface area contributed by atoms with Gasteiger partial charge >= 0.3 is 5.97 Å². The van der Waals surface area contributed by atoms with Gasteiger partial charge in [0.1, 0.15) is 0 Å². The van der Waals surface area contributed by atoms with Gasteiger partial charge in [-0.2, -0.15) is 0 Å². The second-order valence-electron chi connectivity index (χ2n) is 6.45. The van der Waals surface area contributed by atoms with Crippen LogP contribution in [0, 0.1) is 0 Å². The van der Waals surface area contributed by atoms with Crippen LogP contribution in [0.15, 0.2) is 36.5 Å². The largest absolute Gasteiger partial charge is 0.480 e. The molecule has 0 atom stereocenters. The first-order valence-corrected chi connectivity index (χ1v) is 8.80. The first kappa shape index (κ1) is 17.6. The molecule has 0 aliphatic carbocycles. The van der Waals surface area contributed by atoms with E-state index < -0.39 is 5.97 Å². The van der Waals surface area contributed by atoms with Crippen molar-refractivity contribution in [1.82, 2.24) is 24.8 Å². The minimum Gasteiger partial charge on any atom is -0.480 e. The fraction of sp³-hybridized carbons (Fsp3) is 0.500. The Kier molecular flexibility index (Phi) is 5.78. The molecule has 0 saturated carbocycles. The molecule has 0 amide bonds. The number of likely N-dealkylation sites (N-methyl/N-ethyl adjacent to an activating group) is 1. The van der Waals surface area contributed by atoms with Gasteiger partial charge in [-0.05, 0) is 31.5 Å². The minimum absolute atomic E-state index is 0.132. The average molecular weight is 343 g/mol. The number of rotatable bonds is 7. The van der Waals surface area contributed by atoms with E-state index in [1.807, 2.05) is 43.5 Å². The first-order chi connectivity index (χ1) is 12.2. The molecule has 1 N–H and O–H groups in total. The van der Waals surface area contributed by atoms with Crippen molar-refractivity contribution in [3.63, 3.8) is 0 Å². The number of carboxylic acids is 1. The summed E-state index contributed by atoms with van der Waals surface area (Å²) in [7, 11) is 0. The Morgan fingerprint density at radius 2 is 2.00 bits per heavy atom. The zero-order valence-corrected chi connectivity index (χ0v) is 14.6. The summed E-state index contributed by atoms with van der Waals surface area (Å²) in [6.07, 6.45) is 3.96. The highest BCUT2D eigenvalue weighted by atomic mass is 16.4. The van der Waals surface area contributed by atoms with Crippen LogP contribution in [0.3, 0.4) is 0 Å². The Hall–Kier alpha value is -2.25. The Labute approximate surface area is 147 Å². The number of benzene rings is 1. The van der Waals surface area contributed by atoms with Crippen molar-refractivity contribution in [3.8, 4) is 5.69 Å². The maximum atomic E-state index is 11.0. The molecule has 0 bridgehead atoms. The molecule has 0 radical (unpaired) electrons. The molecule has 1 saturated heterocycles. The van der Waals surface area contributed by atoms with E-state index in [0.29, 0.717) is 6.04 Å². The highest BCUT2D eigenvalue weighted by Crippen LogP contribution is 2.18. The van der Waals surface area contributed by atoms with E-state index in [4.69, 9.17) is 5.11 Å². The SMILES string of the molecule is CCN(CC(=O)O)C1CCN(Cc2cn(-c3ccccc3)nn2)CC1. The third-order valence-corrected chi connectivity index (χ3v) is 4.77. The molecule has 2 heterocycles. The van der Waals surface area contributed by atoms with Gasteiger partial charge in [0.05, 0.1) is 24.1 Å². The zero-order chi connectivity index (χ0) is 17.6. The maximum Gasteiger partial charge on any atom is 0.317 e. The van der Waals surface area contributed by atoms with Gasteiger partial charge < -0.3 is 5.11 Å².